The number of thioether (sulfide) groups is 1. The number of carbonyl (C=O) groups excluding carboxylic acids is 5. The Morgan fingerprint density at radius 2 is 1.53 bits per heavy atom. The second-order valence-electron chi connectivity index (χ2n) is 21.1. The number of halogens is 1. The number of hydrogen-bond donors (Lipinski definition) is 5. The Bertz CT molecular complexity index is 2550. The van der Waals surface area contributed by atoms with Gasteiger partial charge in [0.1, 0.15) is 18.1 Å². The molecule has 1 aromatic heterocycles. The van der Waals surface area contributed by atoms with Crippen LogP contribution in [0.5, 0.6) is 0 Å². The molecule has 0 bridgehead atoms. The molecule has 0 saturated carbocycles. The van der Waals surface area contributed by atoms with Crippen molar-refractivity contribution in [2.45, 2.75) is 127 Å². The molecule has 4 aliphatic rings. The molecule has 3 atom stereocenters. The van der Waals surface area contributed by atoms with Crippen molar-refractivity contribution in [3.63, 3.8) is 0 Å². The molecule has 0 aliphatic carbocycles. The highest BCUT2D eigenvalue weighted by Crippen LogP contribution is 2.33. The van der Waals surface area contributed by atoms with Crippen LogP contribution in [0.4, 0.5) is 9.18 Å². The number of pyridine rings is 1. The first-order chi connectivity index (χ1) is 36.0. The molecule has 402 valence electrons. The number of unbranched alkanes of at least 4 members (excludes halogenated alkanes) is 1. The van der Waals surface area contributed by atoms with Crippen molar-refractivity contribution >= 4 is 41.4 Å². The fraction of sp³-hybridized carbons (Fsp3) is 0.554. The first-order valence-corrected chi connectivity index (χ1v) is 27.3. The molecule has 75 heavy (non-hydrogen) atoms. The summed E-state index contributed by atoms with van der Waals surface area (Å²) in [6.07, 6.45) is 7.20. The third-order valence-electron chi connectivity index (χ3n) is 14.3. The quantitative estimate of drug-likeness (QED) is 0.0476. The van der Waals surface area contributed by atoms with Gasteiger partial charge >= 0.3 is 6.03 Å². The van der Waals surface area contributed by atoms with Crippen LogP contribution in [0.2, 0.25) is 0 Å². The summed E-state index contributed by atoms with van der Waals surface area (Å²) in [5, 5.41) is 24.4. The van der Waals surface area contributed by atoms with E-state index in [1.807, 2.05) is 63.7 Å². The molecule has 7 rings (SSSR count). The third kappa shape index (κ3) is 17.8. The van der Waals surface area contributed by atoms with E-state index < -0.39 is 17.1 Å². The highest BCUT2D eigenvalue weighted by molar-refractivity contribution is 8.00. The van der Waals surface area contributed by atoms with Gasteiger partial charge in [0.2, 0.25) is 11.8 Å². The monoisotopic (exact) mass is 1050 g/mol. The number of hydrogen-bond acceptors (Lipinski definition) is 12. The maximum atomic E-state index is 13.9. The number of amides is 6. The predicted octanol–water partition coefficient (Wildman–Crippen LogP) is 5.13. The van der Waals surface area contributed by atoms with E-state index in [9.17, 15) is 28.4 Å². The Balaban J connectivity index is 0.845. The van der Waals surface area contributed by atoms with Gasteiger partial charge in [-0.25, -0.2) is 14.2 Å². The first-order valence-electron chi connectivity index (χ1n) is 26.3. The van der Waals surface area contributed by atoms with Crippen molar-refractivity contribution in [2.75, 3.05) is 71.3 Å². The lowest BCUT2D eigenvalue weighted by Gasteiger charge is -2.34. The van der Waals surface area contributed by atoms with E-state index in [0.717, 1.165) is 68.6 Å². The zero-order valence-electron chi connectivity index (χ0n) is 43.8. The second-order valence-corrected chi connectivity index (χ2v) is 22.4. The van der Waals surface area contributed by atoms with Gasteiger partial charge in [-0.2, -0.15) is 17.0 Å². The van der Waals surface area contributed by atoms with E-state index in [2.05, 4.69) is 59.3 Å². The third-order valence-corrected chi connectivity index (χ3v) is 15.8. The number of urea groups is 1. The summed E-state index contributed by atoms with van der Waals surface area (Å²) in [5.74, 6) is 5.64. The molecular weight excluding hydrogens is 976 g/mol. The molecule has 4 saturated heterocycles. The molecule has 19 heteroatoms. The Labute approximate surface area is 445 Å². The van der Waals surface area contributed by atoms with Crippen LogP contribution in [0.1, 0.15) is 122 Å². The van der Waals surface area contributed by atoms with Gasteiger partial charge in [0, 0.05) is 88.6 Å². The molecule has 1 unspecified atom stereocenters. The molecule has 2 aromatic carbocycles. The number of fused-ring (bicyclic) bond motifs is 1. The summed E-state index contributed by atoms with van der Waals surface area (Å²) in [6, 6.07) is 17.9. The topological polar surface area (TPSA) is 210 Å². The van der Waals surface area contributed by atoms with E-state index in [4.69, 9.17) is 14.7 Å². The fourth-order valence-electron chi connectivity index (χ4n) is 9.61. The zero-order valence-corrected chi connectivity index (χ0v) is 44.6. The summed E-state index contributed by atoms with van der Waals surface area (Å²) in [7, 11) is 0. The summed E-state index contributed by atoms with van der Waals surface area (Å²) >= 11 is 1.88. The Hall–Kier alpha value is -6.09. The Morgan fingerprint density at radius 1 is 0.853 bits per heavy atom. The molecule has 5 heterocycles. The van der Waals surface area contributed by atoms with Gasteiger partial charge in [-0.1, -0.05) is 42.5 Å². The number of likely N-dealkylation sites (tertiary alicyclic amines) is 1. The Kier molecular flexibility index (Phi) is 20.5. The first kappa shape index (κ1) is 56.6. The number of piperazine rings is 1. The van der Waals surface area contributed by atoms with Crippen molar-refractivity contribution in [1.82, 2.24) is 46.3 Å². The van der Waals surface area contributed by atoms with Crippen LogP contribution in [0.3, 0.4) is 0 Å². The predicted molar refractivity (Wildman–Crippen MR) is 285 cm³/mol. The van der Waals surface area contributed by atoms with Crippen LogP contribution in [-0.4, -0.2) is 155 Å². The number of benzene rings is 2. The number of ether oxygens (including phenoxy) is 2. The SMILES string of the molecule is CC(C)(CCNC(=O)CCCC[C@@H]1SCC2NC(=O)N[C@@H]21)OCCC(C)(C)OCC(=O)NCC#Cc1cc(C(=O)N2CCN(Cc3ccc(F)cc3)CC2)cnc1C(=O)NC1CCN(Cc2ccc(C#N)cc2)CC1. The largest absolute Gasteiger partial charge is 0.375 e. The average molecular weight is 1050 g/mol. The van der Waals surface area contributed by atoms with Gasteiger partial charge in [0.05, 0.1) is 59.2 Å². The number of rotatable bonds is 23. The van der Waals surface area contributed by atoms with Crippen LogP contribution < -0.4 is 26.6 Å². The van der Waals surface area contributed by atoms with Gasteiger partial charge < -0.3 is 41.0 Å². The van der Waals surface area contributed by atoms with E-state index in [1.165, 1.54) is 18.3 Å². The number of nitrogens with zero attached hydrogens (tertiary/aromatic N) is 5. The van der Waals surface area contributed by atoms with Crippen LogP contribution in [-0.2, 0) is 32.2 Å². The van der Waals surface area contributed by atoms with Gasteiger partial charge in [0.25, 0.3) is 11.8 Å². The average Bonchev–Trinajstić information content (AvgIpc) is 3.96. The minimum absolute atomic E-state index is 0.0201. The lowest BCUT2D eigenvalue weighted by molar-refractivity contribution is -0.133. The highest BCUT2D eigenvalue weighted by atomic mass is 32.2. The van der Waals surface area contributed by atoms with Gasteiger partial charge in [-0.15, -0.1) is 0 Å². The van der Waals surface area contributed by atoms with E-state index in [-0.39, 0.29) is 72.1 Å². The molecule has 0 radical (unpaired) electrons. The van der Waals surface area contributed by atoms with Crippen molar-refractivity contribution in [3.8, 4) is 17.9 Å². The molecule has 6 amide bonds. The second kappa shape index (κ2) is 27.1. The van der Waals surface area contributed by atoms with E-state index >= 15 is 0 Å². The molecule has 4 aliphatic heterocycles. The van der Waals surface area contributed by atoms with E-state index in [1.54, 1.807) is 23.1 Å². The van der Waals surface area contributed by atoms with E-state index in [0.29, 0.717) is 81.5 Å². The number of aromatic nitrogens is 1. The molecule has 5 N–H and O–H groups in total. The van der Waals surface area contributed by atoms with Crippen molar-refractivity contribution in [3.05, 3.63) is 100 Å². The Morgan fingerprint density at radius 3 is 2.24 bits per heavy atom. The summed E-state index contributed by atoms with van der Waals surface area (Å²) < 4.78 is 25.6. The summed E-state index contributed by atoms with van der Waals surface area (Å²) in [6.45, 7) is 13.6. The van der Waals surface area contributed by atoms with Crippen LogP contribution >= 0.6 is 11.8 Å². The summed E-state index contributed by atoms with van der Waals surface area (Å²) in [5.41, 5.74) is 2.22. The standard InChI is InChI=1S/C56H73FN10O7S/c1-55(2,21-24-60-48(68)10-6-5-9-47-51-46(38-75-47)63-54(72)64-51)73-31-22-56(3,4)74-37-49(69)59-23-7-8-42-32-43(53(71)67-29-27-66(28-30-67)36-41-15-17-44(57)18-16-41)34-61-50(42)52(70)62-45-19-25-65(26-20-45)35-40-13-11-39(33-58)12-14-40/h11-18,32,34,45-47,51H,5-6,9-10,19-31,35-38H2,1-4H3,(H,59,69)(H,60,68)(H,62,70)(H2,63,64,72)/t46?,47-,51-/m0/s1. The van der Waals surface area contributed by atoms with Crippen LogP contribution in [0.25, 0.3) is 0 Å². The number of nitrogens with one attached hydrogen (secondary N) is 5. The summed E-state index contributed by atoms with van der Waals surface area (Å²) in [4.78, 5) is 75.6. The lowest BCUT2D eigenvalue weighted by Crippen LogP contribution is -2.48. The van der Waals surface area contributed by atoms with Gasteiger partial charge in [-0.05, 0) is 108 Å². The van der Waals surface area contributed by atoms with Crippen molar-refractivity contribution in [1.29, 1.82) is 5.26 Å². The minimum atomic E-state index is -0.678. The number of carbonyl (C=O) groups is 5. The maximum absolute atomic E-state index is 13.9. The molecule has 0 spiro atoms. The van der Waals surface area contributed by atoms with Gasteiger partial charge in [0.15, 0.2) is 0 Å². The maximum Gasteiger partial charge on any atom is 0.315 e. The number of nitriles is 1. The molecular formula is C56H73FN10O7S. The molecule has 3 aromatic rings. The zero-order chi connectivity index (χ0) is 53.4. The van der Waals surface area contributed by atoms with Gasteiger partial charge in [-0.3, -0.25) is 29.0 Å². The lowest BCUT2D eigenvalue weighted by atomic mass is 10.0. The smallest absolute Gasteiger partial charge is 0.315 e. The van der Waals surface area contributed by atoms with Crippen molar-refractivity contribution in [2.24, 2.45) is 0 Å². The molecule has 17 nitrogen and oxygen atoms in total. The normalized spacial score (nSPS) is 19.2. The van der Waals surface area contributed by atoms with Crippen LogP contribution in [0.15, 0.2) is 60.8 Å². The highest BCUT2D eigenvalue weighted by Gasteiger charge is 2.42. The number of piperidine rings is 1. The fourth-order valence-corrected chi connectivity index (χ4v) is 11.2. The van der Waals surface area contributed by atoms with Crippen LogP contribution in [0, 0.1) is 29.0 Å². The van der Waals surface area contributed by atoms with Crippen molar-refractivity contribution < 1.29 is 37.8 Å². The molecule has 4 fully saturated rings. The minimum Gasteiger partial charge on any atom is -0.375 e.